The zero-order valence-corrected chi connectivity index (χ0v) is 17.5. The molecule has 164 valence electrons. The van der Waals surface area contributed by atoms with Crippen LogP contribution in [0.15, 0.2) is 54.9 Å². The van der Waals surface area contributed by atoms with Crippen molar-refractivity contribution in [1.82, 2.24) is 4.98 Å². The molecule has 1 aromatic heterocycles. The third-order valence-electron chi connectivity index (χ3n) is 5.89. The maximum Gasteiger partial charge on any atom is 0.306 e. The number of benzene rings is 2. The van der Waals surface area contributed by atoms with E-state index < -0.39 is 6.10 Å². The van der Waals surface area contributed by atoms with E-state index in [-0.39, 0.29) is 24.1 Å². The molecule has 1 aliphatic carbocycles. The van der Waals surface area contributed by atoms with Crippen LogP contribution in [0.1, 0.15) is 41.6 Å². The minimum Gasteiger partial charge on any atom is -0.492 e. The first kappa shape index (κ1) is 20.3. The number of aromatic nitrogens is 1. The fourth-order valence-electron chi connectivity index (χ4n) is 4.34. The molecule has 2 aliphatic rings. The lowest BCUT2D eigenvalue weighted by Gasteiger charge is -2.17. The second kappa shape index (κ2) is 8.49. The maximum atomic E-state index is 14.8. The Bertz CT molecular complexity index is 1150. The van der Waals surface area contributed by atoms with Crippen LogP contribution in [0.2, 0.25) is 0 Å². The van der Waals surface area contributed by atoms with Gasteiger partial charge in [-0.25, -0.2) is 4.39 Å². The van der Waals surface area contributed by atoms with Gasteiger partial charge >= 0.3 is 5.97 Å². The first-order valence-electron chi connectivity index (χ1n) is 10.5. The molecule has 7 heteroatoms. The SMILES string of the molecule is COC(=O)C[C@@H]1COc2cc(O[C@@H]3CCc4c(Oc5cccnc5)ccc(F)c43)ccc21. The number of hydrogen-bond donors (Lipinski definition) is 0. The molecular formula is C25H22FNO5. The first-order chi connectivity index (χ1) is 15.6. The van der Waals surface area contributed by atoms with Gasteiger partial charge in [0.15, 0.2) is 0 Å². The second-order valence-corrected chi connectivity index (χ2v) is 7.86. The summed E-state index contributed by atoms with van der Waals surface area (Å²) >= 11 is 0. The quantitative estimate of drug-likeness (QED) is 0.501. The molecule has 6 nitrogen and oxygen atoms in total. The summed E-state index contributed by atoms with van der Waals surface area (Å²) in [6, 6.07) is 12.2. The Morgan fingerprint density at radius 3 is 2.94 bits per heavy atom. The molecule has 3 aromatic rings. The highest BCUT2D eigenvalue weighted by atomic mass is 19.1. The van der Waals surface area contributed by atoms with E-state index in [4.69, 9.17) is 18.9 Å². The normalized spacial score (nSPS) is 18.4. The Kier molecular flexibility index (Phi) is 5.39. The molecule has 0 spiro atoms. The standard InChI is InChI=1S/C25H22FNO5/c1-29-24(28)11-15-14-30-23-12-16(4-5-18(15)23)31-22-8-6-19-21(9-7-20(26)25(19)22)32-17-3-2-10-27-13-17/h2-5,7,9-10,12-13,15,22H,6,8,11,14H2,1H3/t15-,22-/m1/s1. The topological polar surface area (TPSA) is 66.9 Å². The van der Waals surface area contributed by atoms with E-state index in [1.54, 1.807) is 30.6 Å². The van der Waals surface area contributed by atoms with Gasteiger partial charge in [-0.2, -0.15) is 0 Å². The van der Waals surface area contributed by atoms with Crippen LogP contribution in [0.4, 0.5) is 4.39 Å². The number of fused-ring (bicyclic) bond motifs is 2. The molecule has 0 fully saturated rings. The molecule has 5 rings (SSSR count). The van der Waals surface area contributed by atoms with E-state index in [1.807, 2.05) is 18.2 Å². The van der Waals surface area contributed by atoms with E-state index in [1.165, 1.54) is 13.2 Å². The summed E-state index contributed by atoms with van der Waals surface area (Å²) in [5, 5.41) is 0. The molecule has 0 N–H and O–H groups in total. The van der Waals surface area contributed by atoms with Crippen molar-refractivity contribution in [2.45, 2.75) is 31.3 Å². The summed E-state index contributed by atoms with van der Waals surface area (Å²) in [6.45, 7) is 0.420. The Morgan fingerprint density at radius 1 is 1.22 bits per heavy atom. The molecule has 0 saturated heterocycles. The van der Waals surface area contributed by atoms with Crippen LogP contribution in [-0.2, 0) is 16.0 Å². The number of methoxy groups -OCH3 is 1. The lowest BCUT2D eigenvalue weighted by atomic mass is 9.98. The van der Waals surface area contributed by atoms with Crippen molar-refractivity contribution in [3.63, 3.8) is 0 Å². The highest BCUT2D eigenvalue weighted by Gasteiger charge is 2.32. The van der Waals surface area contributed by atoms with Gasteiger partial charge in [0.05, 0.1) is 26.3 Å². The van der Waals surface area contributed by atoms with Crippen molar-refractivity contribution in [1.29, 1.82) is 0 Å². The Labute approximate surface area is 184 Å². The van der Waals surface area contributed by atoms with Crippen LogP contribution in [0.5, 0.6) is 23.0 Å². The predicted molar refractivity (Wildman–Crippen MR) is 114 cm³/mol. The lowest BCUT2D eigenvalue weighted by Crippen LogP contribution is -2.09. The molecule has 2 heterocycles. The van der Waals surface area contributed by atoms with Gasteiger partial charge in [-0.1, -0.05) is 6.07 Å². The van der Waals surface area contributed by atoms with Gasteiger partial charge in [0.1, 0.15) is 34.9 Å². The van der Waals surface area contributed by atoms with Gasteiger partial charge in [-0.3, -0.25) is 9.78 Å². The second-order valence-electron chi connectivity index (χ2n) is 7.86. The Morgan fingerprint density at radius 2 is 2.12 bits per heavy atom. The Balaban J connectivity index is 1.35. The van der Waals surface area contributed by atoms with Gasteiger partial charge in [0.2, 0.25) is 0 Å². The molecule has 0 saturated carbocycles. The number of hydrogen-bond acceptors (Lipinski definition) is 6. The zero-order chi connectivity index (χ0) is 22.1. The molecule has 32 heavy (non-hydrogen) atoms. The van der Waals surface area contributed by atoms with Crippen LogP contribution in [0.25, 0.3) is 0 Å². The van der Waals surface area contributed by atoms with Gasteiger partial charge in [-0.15, -0.1) is 0 Å². The van der Waals surface area contributed by atoms with Crippen molar-refractivity contribution in [2.24, 2.45) is 0 Å². The largest absolute Gasteiger partial charge is 0.492 e. The van der Waals surface area contributed by atoms with Gasteiger partial charge in [0.25, 0.3) is 0 Å². The number of halogens is 1. The lowest BCUT2D eigenvalue weighted by molar-refractivity contribution is -0.141. The van der Waals surface area contributed by atoms with Crippen molar-refractivity contribution in [3.8, 4) is 23.0 Å². The first-order valence-corrected chi connectivity index (χ1v) is 10.5. The average Bonchev–Trinajstić information content (AvgIpc) is 3.41. The number of nitrogens with zero attached hydrogens (tertiary/aromatic N) is 1. The van der Waals surface area contributed by atoms with Crippen LogP contribution < -0.4 is 14.2 Å². The summed E-state index contributed by atoms with van der Waals surface area (Å²) in [6.07, 6.45) is 4.43. The van der Waals surface area contributed by atoms with Gasteiger partial charge in [-0.05, 0) is 43.2 Å². The average molecular weight is 435 g/mol. The van der Waals surface area contributed by atoms with Crippen molar-refractivity contribution in [3.05, 3.63) is 77.4 Å². The summed E-state index contributed by atoms with van der Waals surface area (Å²) in [5.41, 5.74) is 2.29. The van der Waals surface area contributed by atoms with E-state index in [9.17, 15) is 9.18 Å². The zero-order valence-electron chi connectivity index (χ0n) is 17.5. The Hall–Kier alpha value is -3.61. The van der Waals surface area contributed by atoms with E-state index in [2.05, 4.69) is 4.98 Å². The van der Waals surface area contributed by atoms with Crippen molar-refractivity contribution < 1.29 is 28.1 Å². The van der Waals surface area contributed by atoms with Crippen molar-refractivity contribution in [2.75, 3.05) is 13.7 Å². The third-order valence-corrected chi connectivity index (χ3v) is 5.89. The molecule has 0 bridgehead atoms. The summed E-state index contributed by atoms with van der Waals surface area (Å²) in [5.74, 6) is 1.88. The van der Waals surface area contributed by atoms with Gasteiger partial charge < -0.3 is 18.9 Å². The minimum atomic E-state index is -0.423. The summed E-state index contributed by atoms with van der Waals surface area (Å²) in [7, 11) is 1.38. The number of pyridine rings is 1. The highest BCUT2D eigenvalue weighted by molar-refractivity contribution is 5.71. The molecule has 2 atom stereocenters. The molecule has 0 unspecified atom stereocenters. The molecular weight excluding hydrogens is 413 g/mol. The van der Waals surface area contributed by atoms with Crippen LogP contribution in [-0.4, -0.2) is 24.7 Å². The van der Waals surface area contributed by atoms with Crippen LogP contribution in [0, 0.1) is 5.82 Å². The van der Waals surface area contributed by atoms with E-state index in [0.29, 0.717) is 48.0 Å². The summed E-state index contributed by atoms with van der Waals surface area (Å²) < 4.78 is 37.4. The predicted octanol–water partition coefficient (Wildman–Crippen LogP) is 5.12. The molecule has 2 aromatic carbocycles. The number of rotatable bonds is 6. The number of carbonyl (C=O) groups excluding carboxylic acids is 1. The summed E-state index contributed by atoms with van der Waals surface area (Å²) in [4.78, 5) is 15.7. The fourth-order valence-corrected chi connectivity index (χ4v) is 4.34. The smallest absolute Gasteiger partial charge is 0.306 e. The molecule has 1 aliphatic heterocycles. The van der Waals surface area contributed by atoms with E-state index >= 15 is 0 Å². The molecule has 0 amide bonds. The minimum absolute atomic E-state index is 0.0386. The maximum absolute atomic E-state index is 14.8. The number of carbonyl (C=O) groups is 1. The third kappa shape index (κ3) is 3.86. The monoisotopic (exact) mass is 435 g/mol. The van der Waals surface area contributed by atoms with E-state index in [0.717, 1.165) is 11.1 Å². The van der Waals surface area contributed by atoms with Crippen molar-refractivity contribution >= 4 is 5.97 Å². The van der Waals surface area contributed by atoms with Gasteiger partial charge in [0, 0.05) is 34.9 Å². The number of ether oxygens (including phenoxy) is 4. The fraction of sp³-hybridized carbons (Fsp3) is 0.280. The molecule has 0 radical (unpaired) electrons. The van der Waals surface area contributed by atoms with Crippen LogP contribution >= 0.6 is 0 Å². The highest BCUT2D eigenvalue weighted by Crippen LogP contribution is 2.44. The number of esters is 1. The van der Waals surface area contributed by atoms with Crippen LogP contribution in [0.3, 0.4) is 0 Å².